The van der Waals surface area contributed by atoms with Crippen molar-refractivity contribution in [2.45, 2.75) is 39.2 Å². The average molecular weight is 316 g/mol. The molecule has 0 unspecified atom stereocenters. The SMILES string of the molecule is CC(C)NCCCC(=O)Cc1cc(Br)ccc1F. The lowest BCUT2D eigenvalue weighted by Crippen LogP contribution is -2.24. The number of ketones is 1. The highest BCUT2D eigenvalue weighted by molar-refractivity contribution is 9.10. The van der Waals surface area contributed by atoms with Crippen molar-refractivity contribution in [1.82, 2.24) is 5.32 Å². The fraction of sp³-hybridized carbons (Fsp3) is 0.500. The molecule has 0 bridgehead atoms. The van der Waals surface area contributed by atoms with Gasteiger partial charge in [0.15, 0.2) is 0 Å². The number of benzene rings is 1. The Labute approximate surface area is 116 Å². The van der Waals surface area contributed by atoms with Crippen molar-refractivity contribution >= 4 is 21.7 Å². The molecule has 1 rings (SSSR count). The first-order valence-corrected chi connectivity index (χ1v) is 6.97. The number of carbonyl (C=O) groups is 1. The Balaban J connectivity index is 2.38. The molecule has 0 aliphatic carbocycles. The van der Waals surface area contributed by atoms with Gasteiger partial charge in [0.05, 0.1) is 0 Å². The third-order valence-corrected chi connectivity index (χ3v) is 3.07. The Bertz CT molecular complexity index is 407. The molecule has 0 amide bonds. The standard InChI is InChI=1S/C14H19BrFNO/c1-10(2)17-7-3-4-13(18)9-11-8-12(15)5-6-14(11)16/h5-6,8,10,17H,3-4,7,9H2,1-2H3. The van der Waals surface area contributed by atoms with Crippen molar-refractivity contribution in [2.24, 2.45) is 0 Å². The minimum atomic E-state index is -0.313. The second-order valence-electron chi connectivity index (χ2n) is 4.66. The van der Waals surface area contributed by atoms with E-state index in [-0.39, 0.29) is 18.0 Å². The Kier molecular flexibility index (Phi) is 6.50. The lowest BCUT2D eigenvalue weighted by atomic mass is 10.1. The van der Waals surface area contributed by atoms with E-state index in [4.69, 9.17) is 0 Å². The molecule has 0 aliphatic heterocycles. The van der Waals surface area contributed by atoms with Gasteiger partial charge in [-0.15, -0.1) is 0 Å². The molecule has 0 atom stereocenters. The van der Waals surface area contributed by atoms with Crippen molar-refractivity contribution < 1.29 is 9.18 Å². The minimum absolute atomic E-state index is 0.0811. The fourth-order valence-corrected chi connectivity index (χ4v) is 2.06. The monoisotopic (exact) mass is 315 g/mol. The van der Waals surface area contributed by atoms with E-state index >= 15 is 0 Å². The molecule has 100 valence electrons. The maximum absolute atomic E-state index is 13.4. The van der Waals surface area contributed by atoms with E-state index in [9.17, 15) is 9.18 Å². The number of hydrogen-bond donors (Lipinski definition) is 1. The minimum Gasteiger partial charge on any atom is -0.315 e. The van der Waals surface area contributed by atoms with Gasteiger partial charge in [0.25, 0.3) is 0 Å². The van der Waals surface area contributed by atoms with Crippen LogP contribution in [-0.4, -0.2) is 18.4 Å². The van der Waals surface area contributed by atoms with Crippen molar-refractivity contribution in [1.29, 1.82) is 0 Å². The van der Waals surface area contributed by atoms with Crippen LogP contribution >= 0.6 is 15.9 Å². The molecule has 0 saturated carbocycles. The summed E-state index contributed by atoms with van der Waals surface area (Å²) in [7, 11) is 0. The van der Waals surface area contributed by atoms with Crippen LogP contribution < -0.4 is 5.32 Å². The first-order valence-electron chi connectivity index (χ1n) is 6.18. The normalized spacial score (nSPS) is 10.9. The topological polar surface area (TPSA) is 29.1 Å². The number of carbonyl (C=O) groups excluding carboxylic acids is 1. The summed E-state index contributed by atoms with van der Waals surface area (Å²) in [6, 6.07) is 5.12. The highest BCUT2D eigenvalue weighted by Crippen LogP contribution is 2.16. The Morgan fingerprint density at radius 3 is 2.83 bits per heavy atom. The summed E-state index contributed by atoms with van der Waals surface area (Å²) >= 11 is 3.28. The Morgan fingerprint density at radius 1 is 1.44 bits per heavy atom. The van der Waals surface area contributed by atoms with Gasteiger partial charge in [0, 0.05) is 23.4 Å². The van der Waals surface area contributed by atoms with Gasteiger partial charge in [-0.1, -0.05) is 29.8 Å². The molecule has 1 aromatic carbocycles. The number of hydrogen-bond acceptors (Lipinski definition) is 2. The van der Waals surface area contributed by atoms with Gasteiger partial charge in [-0.2, -0.15) is 0 Å². The summed E-state index contributed by atoms with van der Waals surface area (Å²) in [6.45, 7) is 4.96. The smallest absolute Gasteiger partial charge is 0.137 e. The molecule has 0 heterocycles. The maximum atomic E-state index is 13.4. The third-order valence-electron chi connectivity index (χ3n) is 2.58. The van der Waals surface area contributed by atoms with Gasteiger partial charge in [0.1, 0.15) is 11.6 Å². The van der Waals surface area contributed by atoms with E-state index in [1.54, 1.807) is 12.1 Å². The quantitative estimate of drug-likeness (QED) is 0.780. The second-order valence-corrected chi connectivity index (χ2v) is 5.58. The fourth-order valence-electron chi connectivity index (χ4n) is 1.66. The van der Waals surface area contributed by atoms with E-state index in [0.29, 0.717) is 18.0 Å². The van der Waals surface area contributed by atoms with E-state index in [2.05, 4.69) is 35.1 Å². The molecular weight excluding hydrogens is 297 g/mol. The number of nitrogens with one attached hydrogen (secondary N) is 1. The summed E-state index contributed by atoms with van der Waals surface area (Å²) in [6.07, 6.45) is 1.46. The zero-order valence-electron chi connectivity index (χ0n) is 10.8. The predicted molar refractivity (Wildman–Crippen MR) is 75.2 cm³/mol. The van der Waals surface area contributed by atoms with Crippen LogP contribution in [-0.2, 0) is 11.2 Å². The first-order chi connectivity index (χ1) is 8.49. The third kappa shape index (κ3) is 5.74. The van der Waals surface area contributed by atoms with Crippen molar-refractivity contribution in [2.75, 3.05) is 6.54 Å². The van der Waals surface area contributed by atoms with Crippen LogP contribution in [0, 0.1) is 5.82 Å². The lowest BCUT2D eigenvalue weighted by molar-refractivity contribution is -0.118. The molecule has 2 nitrogen and oxygen atoms in total. The molecule has 1 N–H and O–H groups in total. The molecule has 0 radical (unpaired) electrons. The largest absolute Gasteiger partial charge is 0.315 e. The molecule has 0 aromatic heterocycles. The molecule has 18 heavy (non-hydrogen) atoms. The average Bonchev–Trinajstić information content (AvgIpc) is 2.29. The lowest BCUT2D eigenvalue weighted by Gasteiger charge is -2.07. The van der Waals surface area contributed by atoms with Crippen molar-refractivity contribution in [3.63, 3.8) is 0 Å². The first kappa shape index (κ1) is 15.3. The zero-order valence-corrected chi connectivity index (χ0v) is 12.4. The van der Waals surface area contributed by atoms with Crippen LogP contribution in [0.5, 0.6) is 0 Å². The summed E-state index contributed by atoms with van der Waals surface area (Å²) in [5.41, 5.74) is 0.464. The predicted octanol–water partition coefficient (Wildman–Crippen LogP) is 3.48. The molecule has 4 heteroatoms. The number of halogens is 2. The van der Waals surface area contributed by atoms with Crippen molar-refractivity contribution in [3.05, 3.63) is 34.1 Å². The van der Waals surface area contributed by atoms with E-state index in [1.807, 2.05) is 0 Å². The molecular formula is C14H19BrFNO. The molecule has 0 saturated heterocycles. The molecule has 0 fully saturated rings. The van der Waals surface area contributed by atoms with Gasteiger partial charge < -0.3 is 5.32 Å². The van der Waals surface area contributed by atoms with E-state index in [0.717, 1.165) is 17.4 Å². The summed E-state index contributed by atoms with van der Waals surface area (Å²) in [5, 5.41) is 3.25. The number of rotatable bonds is 7. The second kappa shape index (κ2) is 7.64. The van der Waals surface area contributed by atoms with Crippen LogP contribution in [0.4, 0.5) is 4.39 Å². The summed E-state index contributed by atoms with van der Waals surface area (Å²) in [4.78, 5) is 11.7. The van der Waals surface area contributed by atoms with Gasteiger partial charge in [-0.25, -0.2) is 4.39 Å². The number of Topliss-reactive ketones (excluding diaryl/α,β-unsaturated/α-hetero) is 1. The van der Waals surface area contributed by atoms with Gasteiger partial charge in [-0.3, -0.25) is 4.79 Å². The molecule has 1 aromatic rings. The Hall–Kier alpha value is -0.740. The van der Waals surface area contributed by atoms with Crippen LogP contribution in [0.3, 0.4) is 0 Å². The maximum Gasteiger partial charge on any atom is 0.137 e. The molecule has 0 aliphatic rings. The summed E-state index contributed by atoms with van der Waals surface area (Å²) < 4.78 is 14.2. The van der Waals surface area contributed by atoms with Gasteiger partial charge in [-0.05, 0) is 36.7 Å². The highest BCUT2D eigenvalue weighted by atomic mass is 79.9. The van der Waals surface area contributed by atoms with Crippen LogP contribution in [0.25, 0.3) is 0 Å². The van der Waals surface area contributed by atoms with Crippen LogP contribution in [0.15, 0.2) is 22.7 Å². The molecule has 0 spiro atoms. The van der Waals surface area contributed by atoms with Crippen LogP contribution in [0.1, 0.15) is 32.3 Å². The van der Waals surface area contributed by atoms with Gasteiger partial charge >= 0.3 is 0 Å². The van der Waals surface area contributed by atoms with E-state index in [1.165, 1.54) is 6.07 Å². The van der Waals surface area contributed by atoms with Crippen molar-refractivity contribution in [3.8, 4) is 0 Å². The zero-order chi connectivity index (χ0) is 13.5. The van der Waals surface area contributed by atoms with Crippen LogP contribution in [0.2, 0.25) is 0 Å². The van der Waals surface area contributed by atoms with E-state index < -0.39 is 0 Å². The summed E-state index contributed by atoms with van der Waals surface area (Å²) in [5.74, 6) is -0.232. The van der Waals surface area contributed by atoms with Gasteiger partial charge in [0.2, 0.25) is 0 Å². The highest BCUT2D eigenvalue weighted by Gasteiger charge is 2.08. The Morgan fingerprint density at radius 2 is 2.17 bits per heavy atom.